The Labute approximate surface area is 197 Å². The molecule has 0 saturated carbocycles. The minimum Gasteiger partial charge on any atom is -0.493 e. The van der Waals surface area contributed by atoms with Gasteiger partial charge in [-0.1, -0.05) is 52.5 Å². The molecule has 0 amide bonds. The second kappa shape index (κ2) is 10.1. The molecule has 0 spiro atoms. The first-order chi connectivity index (χ1) is 13.9. The molecule has 0 aliphatic carbocycles. The number of nitrogens with one attached hydrogen (secondary N) is 1. The Morgan fingerprint density at radius 1 is 0.897 bits per heavy atom. The van der Waals surface area contributed by atoms with Gasteiger partial charge in [0.05, 0.1) is 17.2 Å². The molecule has 1 N–H and O–H groups in total. The zero-order chi connectivity index (χ0) is 21.0. The molecule has 3 nitrogen and oxygen atoms in total. The van der Waals surface area contributed by atoms with E-state index in [9.17, 15) is 0 Å². The van der Waals surface area contributed by atoms with Gasteiger partial charge in [-0.05, 0) is 64.0 Å². The molecule has 29 heavy (non-hydrogen) atoms. The molecule has 0 bridgehead atoms. The van der Waals surface area contributed by atoms with Crippen LogP contribution in [0.3, 0.4) is 0 Å². The third-order valence-electron chi connectivity index (χ3n) is 4.09. The van der Waals surface area contributed by atoms with Crippen LogP contribution in [0.25, 0.3) is 0 Å². The summed E-state index contributed by atoms with van der Waals surface area (Å²) in [5, 5.41) is 5.48. The summed E-state index contributed by atoms with van der Waals surface area (Å²) >= 11 is 28.1. The van der Waals surface area contributed by atoms with Crippen molar-refractivity contribution in [2.75, 3.05) is 12.4 Å². The highest BCUT2D eigenvalue weighted by Gasteiger charge is 2.13. The minimum absolute atomic E-state index is 0.237. The molecule has 3 aromatic carbocycles. The van der Waals surface area contributed by atoms with Crippen molar-refractivity contribution in [2.24, 2.45) is 0 Å². The van der Waals surface area contributed by atoms with Crippen LogP contribution in [0.2, 0.25) is 20.1 Å². The molecule has 152 valence electrons. The van der Waals surface area contributed by atoms with Crippen molar-refractivity contribution < 1.29 is 9.47 Å². The highest BCUT2D eigenvalue weighted by Crippen LogP contribution is 2.38. The van der Waals surface area contributed by atoms with Crippen LogP contribution in [0, 0.1) is 0 Å². The van der Waals surface area contributed by atoms with Gasteiger partial charge in [0.15, 0.2) is 11.5 Å². The zero-order valence-corrected chi connectivity index (χ0v) is 19.8. The van der Waals surface area contributed by atoms with Gasteiger partial charge in [-0.2, -0.15) is 0 Å². The number of hydrogen-bond acceptors (Lipinski definition) is 3. The molecular formula is C21H16BrCl4NO2. The molecule has 3 aromatic rings. The van der Waals surface area contributed by atoms with Crippen molar-refractivity contribution in [2.45, 2.75) is 13.2 Å². The Morgan fingerprint density at radius 2 is 1.69 bits per heavy atom. The van der Waals surface area contributed by atoms with E-state index in [2.05, 4.69) is 21.2 Å². The molecular weight excluding hydrogens is 520 g/mol. The number of methoxy groups -OCH3 is 1. The van der Waals surface area contributed by atoms with Crippen LogP contribution in [0.1, 0.15) is 11.1 Å². The molecule has 0 saturated heterocycles. The number of rotatable bonds is 7. The van der Waals surface area contributed by atoms with Crippen LogP contribution in [0.15, 0.2) is 53.0 Å². The molecule has 0 aliphatic heterocycles. The smallest absolute Gasteiger partial charge is 0.180 e. The second-order valence-corrected chi connectivity index (χ2v) is 8.63. The van der Waals surface area contributed by atoms with Crippen molar-refractivity contribution in [3.05, 3.63) is 84.2 Å². The predicted octanol–water partition coefficient (Wildman–Crippen LogP) is 8.26. The largest absolute Gasteiger partial charge is 0.493 e. The number of hydrogen-bond donors (Lipinski definition) is 1. The highest BCUT2D eigenvalue weighted by atomic mass is 79.9. The maximum absolute atomic E-state index is 6.46. The van der Waals surface area contributed by atoms with Gasteiger partial charge in [0.25, 0.3) is 0 Å². The fourth-order valence-corrected chi connectivity index (χ4v) is 3.79. The van der Waals surface area contributed by atoms with Crippen LogP contribution in [0.4, 0.5) is 5.69 Å². The summed E-state index contributed by atoms with van der Waals surface area (Å²) in [5.41, 5.74) is 2.63. The van der Waals surface area contributed by atoms with Crippen LogP contribution in [-0.2, 0) is 13.2 Å². The second-order valence-electron chi connectivity index (χ2n) is 6.12. The molecule has 0 radical (unpaired) electrons. The van der Waals surface area contributed by atoms with Crippen molar-refractivity contribution in [3.8, 4) is 11.5 Å². The van der Waals surface area contributed by atoms with Gasteiger partial charge in [0.2, 0.25) is 0 Å². The van der Waals surface area contributed by atoms with Gasteiger partial charge in [0, 0.05) is 32.3 Å². The molecule has 0 heterocycles. The summed E-state index contributed by atoms with van der Waals surface area (Å²) in [6.07, 6.45) is 0. The van der Waals surface area contributed by atoms with E-state index in [1.54, 1.807) is 19.2 Å². The molecule has 3 rings (SSSR count). The first-order valence-corrected chi connectivity index (χ1v) is 10.8. The molecule has 8 heteroatoms. The standard InChI is InChI=1S/C21H16BrCl4NO2/c1-28-20-7-12(10-27-15-4-5-16(22)18(25)9-15)6-19(26)21(20)29-11-13-2-3-14(23)8-17(13)24/h2-9,27H,10-11H2,1H3. The Kier molecular flexibility index (Phi) is 7.83. The third-order valence-corrected chi connectivity index (χ3v) is 6.19. The Bertz CT molecular complexity index is 1030. The topological polar surface area (TPSA) is 30.5 Å². The maximum Gasteiger partial charge on any atom is 0.180 e. The lowest BCUT2D eigenvalue weighted by atomic mass is 10.2. The van der Waals surface area contributed by atoms with Gasteiger partial charge in [-0.25, -0.2) is 0 Å². The van der Waals surface area contributed by atoms with E-state index in [1.165, 1.54) is 0 Å². The van der Waals surface area contributed by atoms with Gasteiger partial charge < -0.3 is 14.8 Å². The van der Waals surface area contributed by atoms with Crippen LogP contribution in [0.5, 0.6) is 11.5 Å². The normalized spacial score (nSPS) is 10.7. The van der Waals surface area contributed by atoms with E-state index in [0.717, 1.165) is 21.3 Å². The average molecular weight is 536 g/mol. The summed E-state index contributed by atoms with van der Waals surface area (Å²) in [7, 11) is 1.57. The van der Waals surface area contributed by atoms with Crippen LogP contribution in [-0.4, -0.2) is 7.11 Å². The highest BCUT2D eigenvalue weighted by molar-refractivity contribution is 9.10. The molecule has 0 unspecified atom stereocenters. The summed E-state index contributed by atoms with van der Waals surface area (Å²) < 4.78 is 12.2. The first-order valence-electron chi connectivity index (χ1n) is 8.49. The van der Waals surface area contributed by atoms with Gasteiger partial charge in [-0.3, -0.25) is 0 Å². The number of benzene rings is 3. The average Bonchev–Trinajstić information content (AvgIpc) is 2.69. The third kappa shape index (κ3) is 5.87. The van der Waals surface area contributed by atoms with Crippen molar-refractivity contribution in [1.29, 1.82) is 0 Å². The summed E-state index contributed by atoms with van der Waals surface area (Å²) in [6, 6.07) is 14.6. The van der Waals surface area contributed by atoms with E-state index in [4.69, 9.17) is 55.9 Å². The molecule has 0 fully saturated rings. The fourth-order valence-electron chi connectivity index (χ4n) is 2.61. The van der Waals surface area contributed by atoms with E-state index in [1.807, 2.05) is 36.4 Å². The minimum atomic E-state index is 0.237. The monoisotopic (exact) mass is 533 g/mol. The van der Waals surface area contributed by atoms with Gasteiger partial charge in [-0.15, -0.1) is 0 Å². The Balaban J connectivity index is 1.73. The first kappa shape index (κ1) is 22.4. The van der Waals surface area contributed by atoms with Gasteiger partial charge >= 0.3 is 0 Å². The lowest BCUT2D eigenvalue weighted by Gasteiger charge is -2.15. The molecule has 0 atom stereocenters. The Morgan fingerprint density at radius 3 is 2.38 bits per heavy atom. The van der Waals surface area contributed by atoms with Crippen LogP contribution >= 0.6 is 62.3 Å². The van der Waals surface area contributed by atoms with E-state index >= 15 is 0 Å². The van der Waals surface area contributed by atoms with E-state index in [0.29, 0.717) is 38.1 Å². The van der Waals surface area contributed by atoms with E-state index < -0.39 is 0 Å². The Hall–Kier alpha value is -1.30. The van der Waals surface area contributed by atoms with Crippen molar-refractivity contribution >= 4 is 68.0 Å². The van der Waals surface area contributed by atoms with Gasteiger partial charge in [0.1, 0.15) is 6.61 Å². The zero-order valence-electron chi connectivity index (χ0n) is 15.2. The summed E-state index contributed by atoms with van der Waals surface area (Å²) in [6.45, 7) is 0.776. The van der Waals surface area contributed by atoms with Crippen molar-refractivity contribution in [3.63, 3.8) is 0 Å². The van der Waals surface area contributed by atoms with E-state index in [-0.39, 0.29) is 6.61 Å². The molecule has 0 aromatic heterocycles. The molecule has 0 aliphatic rings. The lowest BCUT2D eigenvalue weighted by Crippen LogP contribution is -2.03. The van der Waals surface area contributed by atoms with Crippen molar-refractivity contribution in [1.82, 2.24) is 0 Å². The number of ether oxygens (including phenoxy) is 2. The number of anilines is 1. The SMILES string of the molecule is COc1cc(CNc2ccc(Br)c(Cl)c2)cc(Cl)c1OCc1ccc(Cl)cc1Cl. The maximum atomic E-state index is 6.46. The lowest BCUT2D eigenvalue weighted by molar-refractivity contribution is 0.284. The number of halogens is 5. The quantitative estimate of drug-likeness (QED) is 0.330. The fraction of sp³-hybridized carbons (Fsp3) is 0.143. The predicted molar refractivity (Wildman–Crippen MR) is 125 cm³/mol. The summed E-state index contributed by atoms with van der Waals surface area (Å²) in [5.74, 6) is 0.990. The van der Waals surface area contributed by atoms with Crippen LogP contribution < -0.4 is 14.8 Å². The summed E-state index contributed by atoms with van der Waals surface area (Å²) in [4.78, 5) is 0.